The van der Waals surface area contributed by atoms with Gasteiger partial charge in [-0.25, -0.2) is 14.4 Å². The summed E-state index contributed by atoms with van der Waals surface area (Å²) in [5.74, 6) is -0.149. The molecular weight excluding hydrogens is 435 g/mol. The predicted molar refractivity (Wildman–Crippen MR) is 129 cm³/mol. The molecule has 0 aliphatic heterocycles. The number of H-pyrrole nitrogens is 1. The molecule has 2 aromatic carbocycles. The maximum absolute atomic E-state index is 14.6. The van der Waals surface area contributed by atoms with Crippen molar-refractivity contribution in [3.63, 3.8) is 0 Å². The highest BCUT2D eigenvalue weighted by Gasteiger charge is 2.27. The van der Waals surface area contributed by atoms with E-state index in [0.717, 1.165) is 48.0 Å². The number of aromatic amines is 1. The van der Waals surface area contributed by atoms with Crippen LogP contribution in [-0.4, -0.2) is 58.8 Å². The lowest BCUT2D eigenvalue weighted by atomic mass is 9.93. The summed E-state index contributed by atoms with van der Waals surface area (Å²) < 4.78 is 22.6. The van der Waals surface area contributed by atoms with Gasteiger partial charge in [-0.2, -0.15) is 0 Å². The molecule has 2 atom stereocenters. The van der Waals surface area contributed by atoms with Crippen LogP contribution in [0.5, 0.6) is 5.75 Å². The van der Waals surface area contributed by atoms with Crippen molar-refractivity contribution in [3.8, 4) is 16.9 Å². The third-order valence-electron chi connectivity index (χ3n) is 6.66. The number of carbonyl (C=O) groups excluding carboxylic acids is 1. The Balaban J connectivity index is 1.58. The van der Waals surface area contributed by atoms with E-state index < -0.39 is 12.1 Å². The van der Waals surface area contributed by atoms with Crippen LogP contribution in [0.25, 0.3) is 33.2 Å². The summed E-state index contributed by atoms with van der Waals surface area (Å²) in [4.78, 5) is 25.6. The van der Waals surface area contributed by atoms with Crippen molar-refractivity contribution in [3.05, 3.63) is 42.5 Å². The first kappa shape index (κ1) is 22.3. The Morgan fingerprint density at radius 1 is 1.26 bits per heavy atom. The number of alkyl halides is 1. The molecule has 0 unspecified atom stereocenters. The number of halogens is 1. The number of rotatable bonds is 7. The number of ether oxygens (including phenoxy) is 1. The first-order valence-electron chi connectivity index (χ1n) is 11.8. The number of carbonyl (C=O) groups is 1. The molecule has 1 amide bonds. The van der Waals surface area contributed by atoms with Crippen LogP contribution in [0.2, 0.25) is 0 Å². The minimum Gasteiger partial charge on any atom is -0.487 e. The van der Waals surface area contributed by atoms with E-state index in [4.69, 9.17) is 10.5 Å². The summed E-state index contributed by atoms with van der Waals surface area (Å²) in [7, 11) is 4.07. The monoisotopic (exact) mass is 465 g/mol. The largest absolute Gasteiger partial charge is 0.487 e. The molecule has 1 aliphatic rings. The number of nitrogens with two attached hydrogens (primary N) is 1. The molecular formula is C25H30FN6O2+. The predicted octanol–water partition coefficient (Wildman–Crippen LogP) is 2.66. The number of hydrogen-bond acceptors (Lipinski definition) is 4. The number of fused-ring (bicyclic) bond motifs is 2. The van der Waals surface area contributed by atoms with Crippen LogP contribution < -0.4 is 15.4 Å². The third kappa shape index (κ3) is 4.00. The van der Waals surface area contributed by atoms with Gasteiger partial charge in [0.25, 0.3) is 5.91 Å². The summed E-state index contributed by atoms with van der Waals surface area (Å²) in [5, 5.41) is 0. The van der Waals surface area contributed by atoms with Crippen LogP contribution in [0.15, 0.2) is 36.9 Å². The van der Waals surface area contributed by atoms with Gasteiger partial charge in [-0.1, -0.05) is 18.9 Å². The lowest BCUT2D eigenvalue weighted by Crippen LogP contribution is -3.06. The molecule has 4 N–H and O–H groups in total. The zero-order valence-electron chi connectivity index (χ0n) is 19.5. The maximum Gasteiger partial charge on any atom is 0.254 e. The second kappa shape index (κ2) is 9.06. The Morgan fingerprint density at radius 2 is 2.09 bits per heavy atom. The number of primary amides is 1. The van der Waals surface area contributed by atoms with Crippen LogP contribution in [-0.2, 0) is 0 Å². The molecule has 2 aromatic heterocycles. The number of benzene rings is 2. The van der Waals surface area contributed by atoms with Gasteiger partial charge in [-0.15, -0.1) is 0 Å². The minimum absolute atomic E-state index is 0.170. The molecule has 4 aromatic rings. The van der Waals surface area contributed by atoms with Gasteiger partial charge in [0.1, 0.15) is 30.6 Å². The van der Waals surface area contributed by atoms with Crippen molar-refractivity contribution in [2.45, 2.75) is 37.9 Å². The smallest absolute Gasteiger partial charge is 0.254 e. The van der Waals surface area contributed by atoms with Gasteiger partial charge in [-0.3, -0.25) is 4.79 Å². The standard InChI is InChI=1S/C25H29FN6O2/c1-31(2)9-10-34-21-12-16(23-24(29-13-28-23)22(21)25(27)33)15-7-8-20-18(11-15)30-14-32(20)19-6-4-3-5-17(19)26/h7-8,11-14,17,19H,3-6,9-10H2,1-2H3,(H2,27,33)(H,28,29)/p+1/t17-,19-/m1/s1. The second-order valence-electron chi connectivity index (χ2n) is 9.32. The number of imidazole rings is 2. The fraction of sp³-hybridized carbons (Fsp3) is 0.400. The van der Waals surface area contributed by atoms with E-state index in [0.29, 0.717) is 35.4 Å². The van der Waals surface area contributed by atoms with Crippen molar-refractivity contribution < 1.29 is 18.8 Å². The van der Waals surface area contributed by atoms with E-state index in [1.165, 1.54) is 4.90 Å². The van der Waals surface area contributed by atoms with E-state index in [1.54, 1.807) is 12.7 Å². The molecule has 1 saturated carbocycles. The first-order valence-corrected chi connectivity index (χ1v) is 11.8. The van der Waals surface area contributed by atoms with E-state index >= 15 is 0 Å². The molecule has 0 radical (unpaired) electrons. The topological polar surface area (TPSA) is 103 Å². The van der Waals surface area contributed by atoms with Crippen molar-refractivity contribution in [1.82, 2.24) is 19.5 Å². The number of likely N-dealkylation sites (N-methyl/N-ethyl adjacent to an activating group) is 1. The van der Waals surface area contributed by atoms with E-state index in [-0.39, 0.29) is 6.04 Å². The highest BCUT2D eigenvalue weighted by molar-refractivity contribution is 6.10. The molecule has 34 heavy (non-hydrogen) atoms. The Hall–Kier alpha value is -3.46. The lowest BCUT2D eigenvalue weighted by molar-refractivity contribution is -0.858. The van der Waals surface area contributed by atoms with Crippen LogP contribution in [0, 0.1) is 0 Å². The summed E-state index contributed by atoms with van der Waals surface area (Å²) in [5.41, 5.74) is 10.6. The average Bonchev–Trinajstić information content (AvgIpc) is 3.45. The van der Waals surface area contributed by atoms with Gasteiger partial charge >= 0.3 is 0 Å². The molecule has 1 aliphatic carbocycles. The number of nitrogens with zero attached hydrogens (tertiary/aromatic N) is 3. The van der Waals surface area contributed by atoms with E-state index in [1.807, 2.05) is 42.9 Å². The van der Waals surface area contributed by atoms with Gasteiger partial charge < -0.3 is 24.9 Å². The van der Waals surface area contributed by atoms with Gasteiger partial charge in [0.15, 0.2) is 0 Å². The highest BCUT2D eigenvalue weighted by Crippen LogP contribution is 2.38. The summed E-state index contributed by atoms with van der Waals surface area (Å²) >= 11 is 0. The van der Waals surface area contributed by atoms with Crippen LogP contribution in [0.3, 0.4) is 0 Å². The number of amides is 1. The fourth-order valence-electron chi connectivity index (χ4n) is 4.87. The van der Waals surface area contributed by atoms with E-state index in [2.05, 4.69) is 15.0 Å². The Morgan fingerprint density at radius 3 is 2.85 bits per heavy atom. The fourth-order valence-corrected chi connectivity index (χ4v) is 4.87. The van der Waals surface area contributed by atoms with Gasteiger partial charge in [0.2, 0.25) is 0 Å². The molecule has 0 saturated heterocycles. The number of nitrogens with one attached hydrogen (secondary N) is 2. The molecule has 9 heteroatoms. The van der Waals surface area contributed by atoms with Crippen molar-refractivity contribution in [1.29, 1.82) is 0 Å². The summed E-state index contributed by atoms with van der Waals surface area (Å²) in [6.45, 7) is 1.21. The quantitative estimate of drug-likeness (QED) is 0.390. The molecule has 2 heterocycles. The molecule has 0 spiro atoms. The third-order valence-corrected chi connectivity index (χ3v) is 6.66. The number of aromatic nitrogens is 4. The molecule has 5 rings (SSSR count). The average molecular weight is 466 g/mol. The SMILES string of the molecule is C[NH+](C)CCOc1cc(-c2ccc3c(c2)ncn3[C@@H]2CCCC[C@H]2F)c2nc[nH]c2c1C(N)=O. The second-order valence-corrected chi connectivity index (χ2v) is 9.32. The normalized spacial score (nSPS) is 18.7. The molecule has 178 valence electrons. The van der Waals surface area contributed by atoms with Crippen molar-refractivity contribution in [2.24, 2.45) is 5.73 Å². The number of hydrogen-bond donors (Lipinski definition) is 3. The highest BCUT2D eigenvalue weighted by atomic mass is 19.1. The zero-order chi connectivity index (χ0) is 23.8. The van der Waals surface area contributed by atoms with Gasteiger partial charge in [0, 0.05) is 5.56 Å². The van der Waals surface area contributed by atoms with Gasteiger partial charge in [-0.05, 0) is 36.6 Å². The van der Waals surface area contributed by atoms with Crippen LogP contribution >= 0.6 is 0 Å². The summed E-state index contributed by atoms with van der Waals surface area (Å²) in [6, 6.07) is 7.60. The Bertz CT molecular complexity index is 1340. The first-order chi connectivity index (χ1) is 16.4. The number of quaternary nitrogens is 1. The molecule has 1 fully saturated rings. The zero-order valence-corrected chi connectivity index (χ0v) is 19.5. The van der Waals surface area contributed by atoms with Crippen molar-refractivity contribution in [2.75, 3.05) is 27.2 Å². The minimum atomic E-state index is -0.848. The summed E-state index contributed by atoms with van der Waals surface area (Å²) in [6.07, 6.45) is 5.84. The molecule has 8 nitrogen and oxygen atoms in total. The Labute approximate surface area is 196 Å². The maximum atomic E-state index is 14.6. The van der Waals surface area contributed by atoms with Crippen molar-refractivity contribution >= 4 is 28.0 Å². The molecule has 0 bridgehead atoms. The van der Waals surface area contributed by atoms with Crippen LogP contribution in [0.1, 0.15) is 42.1 Å². The van der Waals surface area contributed by atoms with E-state index in [9.17, 15) is 9.18 Å². The van der Waals surface area contributed by atoms with Gasteiger partial charge in [0.05, 0.1) is 54.9 Å². The lowest BCUT2D eigenvalue weighted by Gasteiger charge is -2.27. The van der Waals surface area contributed by atoms with Crippen LogP contribution in [0.4, 0.5) is 4.39 Å². The Kier molecular flexibility index (Phi) is 5.95.